The molecule has 230 valence electrons. The fourth-order valence-corrected chi connectivity index (χ4v) is 6.65. The van der Waals surface area contributed by atoms with E-state index >= 15 is 0 Å². The van der Waals surface area contributed by atoms with E-state index in [1.54, 1.807) is 30.3 Å². The van der Waals surface area contributed by atoms with Gasteiger partial charge < -0.3 is 10.2 Å². The first-order valence-electron chi connectivity index (χ1n) is 14.8. The minimum absolute atomic E-state index is 0.0884. The molecular weight excluding hydrogens is 570 g/mol. The number of sulfonamides is 1. The Morgan fingerprint density at radius 1 is 0.750 bits per heavy atom. The van der Waals surface area contributed by atoms with Crippen LogP contribution in [0.25, 0.3) is 0 Å². The summed E-state index contributed by atoms with van der Waals surface area (Å²) >= 11 is 0. The van der Waals surface area contributed by atoms with E-state index in [1.165, 1.54) is 9.21 Å². The van der Waals surface area contributed by atoms with Gasteiger partial charge in [0.25, 0.3) is 10.0 Å². The highest BCUT2D eigenvalue weighted by Crippen LogP contribution is 2.29. The van der Waals surface area contributed by atoms with Crippen molar-refractivity contribution in [2.45, 2.75) is 58.5 Å². The van der Waals surface area contributed by atoms with Crippen molar-refractivity contribution in [3.05, 3.63) is 130 Å². The zero-order valence-electron chi connectivity index (χ0n) is 26.1. The summed E-state index contributed by atoms with van der Waals surface area (Å²) < 4.78 is 29.6. The van der Waals surface area contributed by atoms with E-state index in [0.29, 0.717) is 12.2 Å². The van der Waals surface area contributed by atoms with Crippen LogP contribution in [-0.2, 0) is 32.6 Å². The van der Waals surface area contributed by atoms with Crippen LogP contribution in [-0.4, -0.2) is 44.3 Å². The van der Waals surface area contributed by atoms with Gasteiger partial charge in [-0.2, -0.15) is 0 Å². The lowest BCUT2D eigenvalue weighted by Gasteiger charge is -2.34. The first-order chi connectivity index (χ1) is 21.0. The van der Waals surface area contributed by atoms with Gasteiger partial charge in [0, 0.05) is 19.5 Å². The quantitative estimate of drug-likeness (QED) is 0.216. The highest BCUT2D eigenvalue weighted by atomic mass is 32.2. The van der Waals surface area contributed by atoms with Gasteiger partial charge in [-0.3, -0.25) is 13.9 Å². The smallest absolute Gasteiger partial charge is 0.264 e. The number of rotatable bonds is 12. The molecule has 0 heterocycles. The number of hydrogen-bond donors (Lipinski definition) is 1. The van der Waals surface area contributed by atoms with Crippen molar-refractivity contribution in [2.24, 2.45) is 0 Å². The summed E-state index contributed by atoms with van der Waals surface area (Å²) in [6.07, 6.45) is 0.276. The number of carbonyl (C=O) groups is 2. The maximum Gasteiger partial charge on any atom is 0.264 e. The number of anilines is 1. The van der Waals surface area contributed by atoms with Crippen molar-refractivity contribution >= 4 is 27.5 Å². The zero-order valence-corrected chi connectivity index (χ0v) is 26.9. The van der Waals surface area contributed by atoms with Gasteiger partial charge in [0.1, 0.15) is 12.6 Å². The van der Waals surface area contributed by atoms with E-state index in [2.05, 4.69) is 5.32 Å². The van der Waals surface area contributed by atoms with Crippen LogP contribution in [0.15, 0.2) is 102 Å². The zero-order chi connectivity index (χ0) is 31.9. The highest BCUT2D eigenvalue weighted by molar-refractivity contribution is 7.92. The molecule has 44 heavy (non-hydrogen) atoms. The Morgan fingerprint density at radius 3 is 1.93 bits per heavy atom. The standard InChI is InChI=1S/C36H41N3O4S/c1-6-37-36(41)34(23-30-10-8-7-9-11-30)38(24-31-17-12-26(2)13-18-31)35(40)25-39(33-21-16-28(4)22-29(33)5)44(42,43)32-19-14-27(3)15-20-32/h7-22,34H,6,23-25H2,1-5H3,(H,37,41)/t34-/m0/s1. The average Bonchev–Trinajstić information content (AvgIpc) is 2.99. The van der Waals surface area contributed by atoms with Crippen LogP contribution in [0.1, 0.15) is 40.3 Å². The number of nitrogens with zero attached hydrogens (tertiary/aromatic N) is 2. The topological polar surface area (TPSA) is 86.8 Å². The fourth-order valence-electron chi connectivity index (χ4n) is 5.17. The van der Waals surface area contributed by atoms with Gasteiger partial charge in [-0.15, -0.1) is 0 Å². The predicted molar refractivity (Wildman–Crippen MR) is 176 cm³/mol. The van der Waals surface area contributed by atoms with E-state index in [4.69, 9.17) is 0 Å². The van der Waals surface area contributed by atoms with Gasteiger partial charge in [-0.05, 0) is 69.5 Å². The van der Waals surface area contributed by atoms with Crippen molar-refractivity contribution in [1.82, 2.24) is 10.2 Å². The minimum atomic E-state index is -4.14. The summed E-state index contributed by atoms with van der Waals surface area (Å²) in [5, 5.41) is 2.89. The maximum absolute atomic E-state index is 14.5. The van der Waals surface area contributed by atoms with Gasteiger partial charge in [0.15, 0.2) is 0 Å². The van der Waals surface area contributed by atoms with Crippen LogP contribution < -0.4 is 9.62 Å². The molecule has 0 aliphatic carbocycles. The van der Waals surface area contributed by atoms with E-state index in [0.717, 1.165) is 33.4 Å². The summed E-state index contributed by atoms with van der Waals surface area (Å²) in [6, 6.07) is 28.5. The van der Waals surface area contributed by atoms with Crippen molar-refractivity contribution in [3.8, 4) is 0 Å². The van der Waals surface area contributed by atoms with E-state index < -0.39 is 28.5 Å². The molecule has 8 heteroatoms. The third-order valence-corrected chi connectivity index (χ3v) is 9.38. The molecule has 0 radical (unpaired) electrons. The first kappa shape index (κ1) is 32.5. The SMILES string of the molecule is CCNC(=O)[C@H](Cc1ccccc1)N(Cc1ccc(C)cc1)C(=O)CN(c1ccc(C)cc1C)S(=O)(=O)c1ccc(C)cc1. The first-order valence-corrected chi connectivity index (χ1v) is 16.3. The largest absolute Gasteiger partial charge is 0.355 e. The molecule has 4 aromatic carbocycles. The average molecular weight is 612 g/mol. The van der Waals surface area contributed by atoms with Gasteiger partial charge in [-0.25, -0.2) is 8.42 Å². The molecule has 1 N–H and O–H groups in total. The Kier molecular flexibility index (Phi) is 10.6. The van der Waals surface area contributed by atoms with Gasteiger partial charge in [0.2, 0.25) is 11.8 Å². The minimum Gasteiger partial charge on any atom is -0.355 e. The highest BCUT2D eigenvalue weighted by Gasteiger charge is 2.35. The summed E-state index contributed by atoms with van der Waals surface area (Å²) in [7, 11) is -4.14. The Balaban J connectivity index is 1.81. The summed E-state index contributed by atoms with van der Waals surface area (Å²) in [4.78, 5) is 29.7. The molecule has 4 aromatic rings. The number of nitrogens with one attached hydrogen (secondary N) is 1. The maximum atomic E-state index is 14.5. The third kappa shape index (κ3) is 7.94. The number of carbonyl (C=O) groups excluding carboxylic acids is 2. The van der Waals surface area contributed by atoms with Crippen LogP contribution >= 0.6 is 0 Å². The third-order valence-electron chi connectivity index (χ3n) is 7.60. The van der Waals surface area contributed by atoms with Crippen molar-refractivity contribution in [2.75, 3.05) is 17.4 Å². The van der Waals surface area contributed by atoms with Crippen LogP contribution in [0.5, 0.6) is 0 Å². The molecule has 0 fully saturated rings. The Hall–Kier alpha value is -4.43. The molecule has 0 aliphatic rings. The second kappa shape index (κ2) is 14.4. The van der Waals surface area contributed by atoms with Crippen molar-refractivity contribution < 1.29 is 18.0 Å². The molecule has 4 rings (SSSR count). The van der Waals surface area contributed by atoms with Gasteiger partial charge in [0.05, 0.1) is 10.6 Å². The fraction of sp³-hybridized carbons (Fsp3) is 0.278. The Labute approximate surface area is 261 Å². The molecule has 0 saturated carbocycles. The number of aryl methyl sites for hydroxylation is 4. The second-order valence-corrected chi connectivity index (χ2v) is 13.1. The van der Waals surface area contributed by atoms with Crippen LogP contribution in [0.4, 0.5) is 5.69 Å². The summed E-state index contributed by atoms with van der Waals surface area (Å²) in [6.45, 7) is 9.53. The van der Waals surface area contributed by atoms with E-state index in [9.17, 15) is 18.0 Å². The van der Waals surface area contributed by atoms with Crippen molar-refractivity contribution in [3.63, 3.8) is 0 Å². The molecular formula is C36H41N3O4S. The van der Waals surface area contributed by atoms with Crippen LogP contribution in [0.3, 0.4) is 0 Å². The summed E-state index contributed by atoms with van der Waals surface area (Å²) in [5.74, 6) is -0.773. The van der Waals surface area contributed by atoms with E-state index in [-0.39, 0.29) is 23.8 Å². The predicted octanol–water partition coefficient (Wildman–Crippen LogP) is 5.89. The second-order valence-electron chi connectivity index (χ2n) is 11.2. The Morgan fingerprint density at radius 2 is 1.34 bits per heavy atom. The number of likely N-dealkylation sites (N-methyl/N-ethyl adjacent to an activating group) is 1. The molecule has 0 saturated heterocycles. The lowest BCUT2D eigenvalue weighted by Crippen LogP contribution is -2.53. The molecule has 2 amide bonds. The molecule has 0 aromatic heterocycles. The molecule has 0 bridgehead atoms. The Bertz CT molecular complexity index is 1690. The summed E-state index contributed by atoms with van der Waals surface area (Å²) in [5.41, 5.74) is 5.84. The normalized spacial score (nSPS) is 11.9. The molecule has 0 aliphatic heterocycles. The number of amides is 2. The molecule has 1 atom stereocenters. The van der Waals surface area contributed by atoms with Crippen molar-refractivity contribution in [1.29, 1.82) is 0 Å². The van der Waals surface area contributed by atoms with Crippen LogP contribution in [0.2, 0.25) is 0 Å². The van der Waals surface area contributed by atoms with E-state index in [1.807, 2.05) is 101 Å². The number of benzene rings is 4. The lowest BCUT2D eigenvalue weighted by molar-refractivity contribution is -0.140. The molecule has 0 spiro atoms. The van der Waals surface area contributed by atoms with Gasteiger partial charge in [-0.1, -0.05) is 95.6 Å². The molecule has 7 nitrogen and oxygen atoms in total. The molecule has 0 unspecified atom stereocenters. The van der Waals surface area contributed by atoms with Crippen LogP contribution in [0, 0.1) is 27.7 Å². The number of hydrogen-bond acceptors (Lipinski definition) is 4. The van der Waals surface area contributed by atoms with Gasteiger partial charge >= 0.3 is 0 Å². The monoisotopic (exact) mass is 611 g/mol. The lowest BCUT2D eigenvalue weighted by atomic mass is 10.0.